The lowest BCUT2D eigenvalue weighted by atomic mass is 10.1. The van der Waals surface area contributed by atoms with Crippen LogP contribution in [0.2, 0.25) is 0 Å². The summed E-state index contributed by atoms with van der Waals surface area (Å²) in [4.78, 5) is 14.1. The number of benzene rings is 1. The van der Waals surface area contributed by atoms with E-state index in [2.05, 4.69) is 6.07 Å². The van der Waals surface area contributed by atoms with Crippen LogP contribution in [0.1, 0.15) is 32.8 Å². The molecule has 1 atom stereocenters. The highest BCUT2D eigenvalue weighted by molar-refractivity contribution is 5.96. The van der Waals surface area contributed by atoms with Crippen molar-refractivity contribution in [2.45, 2.75) is 45.9 Å². The largest absolute Gasteiger partial charge is 0.392 e. The molecule has 1 N–H and O–H groups in total. The third-order valence-corrected chi connectivity index (χ3v) is 4.06. The minimum absolute atomic E-state index is 0.0173. The van der Waals surface area contributed by atoms with E-state index < -0.39 is 6.10 Å². The van der Waals surface area contributed by atoms with Gasteiger partial charge in [0.25, 0.3) is 0 Å². The second-order valence-corrected chi connectivity index (χ2v) is 6.47. The van der Waals surface area contributed by atoms with Crippen LogP contribution < -0.4 is 0 Å². The van der Waals surface area contributed by atoms with Crippen molar-refractivity contribution in [3.63, 3.8) is 0 Å². The van der Waals surface area contributed by atoms with Gasteiger partial charge in [0.2, 0.25) is 5.91 Å². The summed E-state index contributed by atoms with van der Waals surface area (Å²) < 4.78 is 2.04. The van der Waals surface area contributed by atoms with E-state index in [4.69, 9.17) is 5.26 Å². The average Bonchev–Trinajstić information content (AvgIpc) is 2.93. The summed E-state index contributed by atoms with van der Waals surface area (Å²) in [5.74, 6) is -0.121. The van der Waals surface area contributed by atoms with E-state index in [0.29, 0.717) is 19.5 Å². The molecule has 5 heteroatoms. The predicted octanol–water partition coefficient (Wildman–Crippen LogP) is 3.19. The number of aryl methyl sites for hydroxylation is 1. The fourth-order valence-electron chi connectivity index (χ4n) is 2.86. The first-order chi connectivity index (χ1) is 11.9. The van der Waals surface area contributed by atoms with Crippen LogP contribution in [-0.2, 0) is 11.3 Å². The number of nitriles is 1. The molecule has 1 amide bonds. The summed E-state index contributed by atoms with van der Waals surface area (Å²) in [5, 5.41) is 19.5. The molecule has 0 saturated carbocycles. The van der Waals surface area contributed by atoms with Crippen LogP contribution in [0.5, 0.6) is 0 Å². The molecular weight excluding hydrogens is 314 g/mol. The number of aliphatic hydroxyl groups is 1. The minimum Gasteiger partial charge on any atom is -0.392 e. The summed E-state index contributed by atoms with van der Waals surface area (Å²) >= 11 is 0. The Morgan fingerprint density at radius 2 is 2.08 bits per heavy atom. The molecule has 1 aromatic carbocycles. The molecule has 1 heterocycles. The summed E-state index contributed by atoms with van der Waals surface area (Å²) in [6.07, 6.45) is 5.22. The Hall–Kier alpha value is -2.58. The van der Waals surface area contributed by atoms with E-state index in [1.54, 1.807) is 17.9 Å². The molecule has 0 saturated heterocycles. The van der Waals surface area contributed by atoms with E-state index in [-0.39, 0.29) is 11.9 Å². The van der Waals surface area contributed by atoms with Gasteiger partial charge in [-0.25, -0.2) is 0 Å². The number of hydrogen-bond acceptors (Lipinski definition) is 3. The number of amides is 1. The van der Waals surface area contributed by atoms with Gasteiger partial charge in [0.05, 0.1) is 18.6 Å². The van der Waals surface area contributed by atoms with Crippen LogP contribution in [0, 0.1) is 11.3 Å². The van der Waals surface area contributed by atoms with Gasteiger partial charge in [-0.15, -0.1) is 0 Å². The summed E-state index contributed by atoms with van der Waals surface area (Å²) in [5.41, 5.74) is 2.00. The lowest BCUT2D eigenvalue weighted by Crippen LogP contribution is -2.40. The fraction of sp³-hybridized carbons (Fsp3) is 0.400. The van der Waals surface area contributed by atoms with Crippen molar-refractivity contribution >= 4 is 22.9 Å². The van der Waals surface area contributed by atoms with E-state index >= 15 is 0 Å². The van der Waals surface area contributed by atoms with Gasteiger partial charge in [0.15, 0.2) is 0 Å². The van der Waals surface area contributed by atoms with Gasteiger partial charge >= 0.3 is 0 Å². The number of hydrogen-bond donors (Lipinski definition) is 1. The quantitative estimate of drug-likeness (QED) is 0.788. The zero-order chi connectivity index (χ0) is 18.4. The third kappa shape index (κ3) is 4.71. The third-order valence-electron chi connectivity index (χ3n) is 4.06. The number of rotatable bonds is 7. The topological polar surface area (TPSA) is 69.3 Å². The Bertz CT molecular complexity index is 797. The van der Waals surface area contributed by atoms with E-state index in [0.717, 1.165) is 16.5 Å². The van der Waals surface area contributed by atoms with E-state index in [9.17, 15) is 9.90 Å². The van der Waals surface area contributed by atoms with Crippen LogP contribution in [0.25, 0.3) is 17.0 Å². The Morgan fingerprint density at radius 3 is 2.72 bits per heavy atom. The van der Waals surface area contributed by atoms with Crippen molar-refractivity contribution < 1.29 is 9.90 Å². The average molecular weight is 339 g/mol. The van der Waals surface area contributed by atoms with Gasteiger partial charge in [-0.3, -0.25) is 4.79 Å². The lowest BCUT2D eigenvalue weighted by Gasteiger charge is -2.26. The maximum atomic E-state index is 12.5. The first-order valence-corrected chi connectivity index (χ1v) is 8.55. The summed E-state index contributed by atoms with van der Waals surface area (Å²) in [6.45, 7) is 6.47. The molecule has 2 rings (SSSR count). The molecular formula is C20H25N3O2. The van der Waals surface area contributed by atoms with Crippen LogP contribution >= 0.6 is 0 Å². The molecule has 25 heavy (non-hydrogen) atoms. The predicted molar refractivity (Wildman–Crippen MR) is 99.7 cm³/mol. The number of para-hydroxylation sites is 1. The van der Waals surface area contributed by atoms with Crippen molar-refractivity contribution in [2.24, 2.45) is 0 Å². The number of nitrogens with zero attached hydrogens (tertiary/aromatic N) is 3. The van der Waals surface area contributed by atoms with Gasteiger partial charge in [-0.2, -0.15) is 5.26 Å². The van der Waals surface area contributed by atoms with E-state index in [1.165, 1.54) is 0 Å². The highest BCUT2D eigenvalue weighted by atomic mass is 16.3. The second kappa shape index (κ2) is 8.50. The highest BCUT2D eigenvalue weighted by Crippen LogP contribution is 2.23. The zero-order valence-electron chi connectivity index (χ0n) is 15.0. The Kier molecular flexibility index (Phi) is 6.37. The molecule has 0 aliphatic rings. The van der Waals surface area contributed by atoms with E-state index in [1.807, 2.05) is 55.0 Å². The number of carbonyl (C=O) groups excluding carboxylic acids is 1. The molecule has 5 nitrogen and oxygen atoms in total. The zero-order valence-corrected chi connectivity index (χ0v) is 15.0. The molecule has 0 bridgehead atoms. The smallest absolute Gasteiger partial charge is 0.246 e. The molecule has 0 spiro atoms. The second-order valence-electron chi connectivity index (χ2n) is 6.47. The summed E-state index contributed by atoms with van der Waals surface area (Å²) in [6, 6.07) is 10.1. The lowest BCUT2D eigenvalue weighted by molar-refractivity contribution is -0.128. The van der Waals surface area contributed by atoms with Gasteiger partial charge in [-0.05, 0) is 32.9 Å². The molecule has 2 aromatic rings. The molecule has 1 unspecified atom stereocenters. The SMILES string of the molecule is CC(O)CN(C(=O)/C=C/c1cn(CCC#N)c2ccccc12)C(C)C. The van der Waals surface area contributed by atoms with Gasteiger partial charge < -0.3 is 14.6 Å². The van der Waals surface area contributed by atoms with Crippen molar-refractivity contribution in [3.05, 3.63) is 42.1 Å². The molecule has 0 radical (unpaired) electrons. The fourth-order valence-corrected chi connectivity index (χ4v) is 2.86. The maximum Gasteiger partial charge on any atom is 0.246 e. The Labute approximate surface area is 148 Å². The van der Waals surface area contributed by atoms with Crippen molar-refractivity contribution in [2.75, 3.05) is 6.54 Å². The van der Waals surface area contributed by atoms with Crippen molar-refractivity contribution in [3.8, 4) is 6.07 Å². The summed E-state index contributed by atoms with van der Waals surface area (Å²) in [7, 11) is 0. The Morgan fingerprint density at radius 1 is 1.36 bits per heavy atom. The van der Waals surface area contributed by atoms with Crippen LogP contribution in [0.4, 0.5) is 0 Å². The number of fused-ring (bicyclic) bond motifs is 1. The van der Waals surface area contributed by atoms with Gasteiger partial charge in [-0.1, -0.05) is 18.2 Å². The number of aliphatic hydroxyl groups excluding tert-OH is 1. The number of aromatic nitrogens is 1. The molecule has 0 aliphatic heterocycles. The monoisotopic (exact) mass is 339 g/mol. The van der Waals surface area contributed by atoms with Crippen LogP contribution in [0.3, 0.4) is 0 Å². The normalized spacial score (nSPS) is 12.6. The van der Waals surface area contributed by atoms with Gasteiger partial charge in [0, 0.05) is 47.9 Å². The van der Waals surface area contributed by atoms with Crippen molar-refractivity contribution in [1.82, 2.24) is 9.47 Å². The van der Waals surface area contributed by atoms with Gasteiger partial charge in [0.1, 0.15) is 0 Å². The maximum absolute atomic E-state index is 12.5. The molecule has 0 fully saturated rings. The first kappa shape index (κ1) is 18.8. The molecule has 1 aromatic heterocycles. The standard InChI is InChI=1S/C20H25N3O2/c1-15(2)23(13-16(3)24)20(25)10-9-17-14-22(12-6-11-21)19-8-5-4-7-18(17)19/h4-5,7-10,14-16,24H,6,12-13H2,1-3H3/b10-9+. The Balaban J connectivity index is 2.28. The first-order valence-electron chi connectivity index (χ1n) is 8.55. The number of carbonyl (C=O) groups is 1. The van der Waals surface area contributed by atoms with Crippen molar-refractivity contribution in [1.29, 1.82) is 5.26 Å². The van der Waals surface area contributed by atoms with Crippen LogP contribution in [-0.4, -0.2) is 39.2 Å². The highest BCUT2D eigenvalue weighted by Gasteiger charge is 2.16. The molecule has 0 aliphatic carbocycles. The molecule has 132 valence electrons. The van der Waals surface area contributed by atoms with Crippen LogP contribution in [0.15, 0.2) is 36.5 Å². The minimum atomic E-state index is -0.562.